The van der Waals surface area contributed by atoms with Gasteiger partial charge in [-0.25, -0.2) is 4.98 Å². The zero-order chi connectivity index (χ0) is 44.0. The van der Waals surface area contributed by atoms with E-state index in [1.54, 1.807) is 12.4 Å². The van der Waals surface area contributed by atoms with Gasteiger partial charge in [0.2, 0.25) is 0 Å². The molecular weight excluding hydrogens is 783 g/mol. The number of nitrogens with zero attached hydrogens (tertiary/aromatic N) is 5. The number of aromatic hydroxyl groups is 1. The molecule has 2 fully saturated rings. The second kappa shape index (κ2) is 22.7. The molecule has 1 aromatic heterocycles. The lowest BCUT2D eigenvalue weighted by molar-refractivity contribution is 0.0442. The molecule has 8 rings (SSSR count). The Kier molecular flexibility index (Phi) is 16.4. The predicted molar refractivity (Wildman–Crippen MR) is 256 cm³/mol. The number of para-hydroxylation sites is 1. The molecule has 2 aliphatic heterocycles. The van der Waals surface area contributed by atoms with E-state index < -0.39 is 0 Å². The minimum atomic E-state index is -0.0669. The van der Waals surface area contributed by atoms with Gasteiger partial charge in [-0.3, -0.25) is 19.4 Å². The molecule has 0 aliphatic carbocycles. The number of phenolic OH excluding ortho intramolecular Hbond substituents is 1. The number of carbonyl (C=O) groups is 2. The molecule has 10 nitrogen and oxygen atoms in total. The highest BCUT2D eigenvalue weighted by atomic mass is 16.3. The van der Waals surface area contributed by atoms with Crippen LogP contribution in [0.25, 0.3) is 21.5 Å². The summed E-state index contributed by atoms with van der Waals surface area (Å²) in [5, 5.41) is 14.4. The molecule has 332 valence electrons. The highest BCUT2D eigenvalue weighted by molar-refractivity contribution is 6.08. The number of aromatic amines is 1. The molecular formula is C53H67N7O3. The molecule has 10 heteroatoms. The number of rotatable bonds is 16. The molecule has 2 aliphatic rings. The monoisotopic (exact) mass is 850 g/mol. The van der Waals surface area contributed by atoms with Crippen LogP contribution >= 0.6 is 0 Å². The average Bonchev–Trinajstić information content (AvgIpc) is 3.84. The van der Waals surface area contributed by atoms with Crippen molar-refractivity contribution in [3.05, 3.63) is 144 Å². The summed E-state index contributed by atoms with van der Waals surface area (Å²) in [6.07, 6.45) is 13.3. The van der Waals surface area contributed by atoms with Crippen molar-refractivity contribution < 1.29 is 14.7 Å². The van der Waals surface area contributed by atoms with Crippen LogP contribution in [0, 0.1) is 0 Å². The first-order valence-corrected chi connectivity index (χ1v) is 23.3. The number of hydrogen-bond donors (Lipinski definition) is 3. The predicted octanol–water partition coefficient (Wildman–Crippen LogP) is 8.94. The van der Waals surface area contributed by atoms with Crippen molar-refractivity contribution in [2.45, 2.75) is 89.8 Å². The van der Waals surface area contributed by atoms with Crippen molar-refractivity contribution in [3.8, 4) is 5.75 Å². The molecule has 0 spiro atoms. The quantitative estimate of drug-likeness (QED) is 0.0890. The summed E-state index contributed by atoms with van der Waals surface area (Å²) in [5.41, 5.74) is 10.2. The van der Waals surface area contributed by atoms with Gasteiger partial charge in [0, 0.05) is 87.0 Å². The Labute approximate surface area is 374 Å². The summed E-state index contributed by atoms with van der Waals surface area (Å²) in [6, 6.07) is 36.4. The van der Waals surface area contributed by atoms with Crippen LogP contribution in [0.4, 0.5) is 0 Å². The first kappa shape index (κ1) is 45.5. The lowest BCUT2D eigenvalue weighted by Gasteiger charge is -2.42. The summed E-state index contributed by atoms with van der Waals surface area (Å²) in [5.74, 6) is 0.595. The molecule has 3 heterocycles. The first-order valence-electron chi connectivity index (χ1n) is 23.3. The Morgan fingerprint density at radius 1 is 0.698 bits per heavy atom. The second-order valence-electron chi connectivity index (χ2n) is 17.5. The highest BCUT2D eigenvalue weighted by Gasteiger charge is 2.32. The lowest BCUT2D eigenvalue weighted by atomic mass is 9.99. The maximum absolute atomic E-state index is 13.5. The third kappa shape index (κ3) is 11.9. The van der Waals surface area contributed by atoms with Gasteiger partial charge in [0.25, 0.3) is 11.8 Å². The van der Waals surface area contributed by atoms with Gasteiger partial charge < -0.3 is 25.6 Å². The number of hydrogen-bond acceptors (Lipinski definition) is 7. The third-order valence-corrected chi connectivity index (χ3v) is 13.0. The first-order chi connectivity index (χ1) is 30.8. The molecule has 6 aromatic rings. The average molecular weight is 850 g/mol. The van der Waals surface area contributed by atoms with Crippen LogP contribution in [0.15, 0.2) is 122 Å². The minimum absolute atomic E-state index is 0.0669. The largest absolute Gasteiger partial charge is 0.508 e. The van der Waals surface area contributed by atoms with E-state index in [0.717, 1.165) is 123 Å². The van der Waals surface area contributed by atoms with Crippen molar-refractivity contribution in [1.29, 1.82) is 0 Å². The van der Waals surface area contributed by atoms with Gasteiger partial charge in [-0.05, 0) is 84.0 Å². The van der Waals surface area contributed by atoms with E-state index in [2.05, 4.69) is 68.8 Å². The number of carbonyl (C=O) groups excluding carboxylic acids is 2. The van der Waals surface area contributed by atoms with Crippen molar-refractivity contribution in [3.63, 3.8) is 0 Å². The van der Waals surface area contributed by atoms with Crippen LogP contribution in [0.2, 0.25) is 0 Å². The molecule has 63 heavy (non-hydrogen) atoms. The van der Waals surface area contributed by atoms with E-state index in [1.807, 2.05) is 83.9 Å². The number of benzene rings is 5. The fourth-order valence-corrected chi connectivity index (χ4v) is 9.51. The Balaban J connectivity index is 0.000000190. The van der Waals surface area contributed by atoms with Crippen LogP contribution < -0.4 is 5.73 Å². The number of unbranched alkanes of at least 4 members (excludes halogenated alkanes) is 2. The summed E-state index contributed by atoms with van der Waals surface area (Å²) in [6.45, 7) is 11.1. The van der Waals surface area contributed by atoms with E-state index in [0.29, 0.717) is 30.8 Å². The molecule has 5 aromatic carbocycles. The number of aryl methyl sites for hydroxylation is 1. The number of phenols is 1. The van der Waals surface area contributed by atoms with Crippen molar-refractivity contribution >= 4 is 33.4 Å². The van der Waals surface area contributed by atoms with E-state index in [1.165, 1.54) is 18.5 Å². The van der Waals surface area contributed by atoms with Crippen LogP contribution in [-0.4, -0.2) is 117 Å². The number of H-pyrrole nitrogens is 1. The number of piperazine rings is 2. The summed E-state index contributed by atoms with van der Waals surface area (Å²) >= 11 is 0. The van der Waals surface area contributed by atoms with E-state index in [9.17, 15) is 14.7 Å². The Bertz CT molecular complexity index is 2360. The van der Waals surface area contributed by atoms with E-state index >= 15 is 0 Å². The number of aromatic nitrogens is 2. The summed E-state index contributed by atoms with van der Waals surface area (Å²) in [7, 11) is 0. The van der Waals surface area contributed by atoms with Crippen LogP contribution in [0.5, 0.6) is 5.75 Å². The number of imidazole rings is 1. The molecule has 2 saturated heterocycles. The third-order valence-electron chi connectivity index (χ3n) is 13.0. The minimum Gasteiger partial charge on any atom is -0.508 e. The Morgan fingerprint density at radius 3 is 1.81 bits per heavy atom. The lowest BCUT2D eigenvalue weighted by Crippen LogP contribution is -2.57. The van der Waals surface area contributed by atoms with Gasteiger partial charge >= 0.3 is 0 Å². The van der Waals surface area contributed by atoms with Gasteiger partial charge in [0.15, 0.2) is 0 Å². The van der Waals surface area contributed by atoms with Gasteiger partial charge in [0.05, 0.1) is 6.33 Å². The molecule has 1 unspecified atom stereocenters. The Hall–Kier alpha value is -5.55. The van der Waals surface area contributed by atoms with E-state index in [4.69, 9.17) is 5.73 Å². The number of fused-ring (bicyclic) bond motifs is 2. The topological polar surface area (TPSA) is 122 Å². The Morgan fingerprint density at radius 2 is 1.24 bits per heavy atom. The number of nitrogens with one attached hydrogen (secondary N) is 1. The standard InChI is InChI=1S/C28H35N3O2.C25H32N4O/c1-2-3-12-24-20-31(28(33)26-14-8-11-21-9-4-6-13-25(21)26)17-16-30(24)19-23(29)18-22-10-5-7-15-27(22)32;1-2-3-11-22-18-29(16-15-28(22)14-7-10-21-17-26-19-27-21)25(30)24-13-6-9-20-8-4-5-12-23(20)24/h4-11,13-15,23-24,32H,2-3,12,16-20,29H2,1H3;4-6,8-9,12-13,17,19,22H,2-3,7,10-11,14-16,18H2,1H3,(H,26,27)/t23?,24-;22-/m00/s1. The zero-order valence-electron chi connectivity index (χ0n) is 37.4. The second-order valence-corrected chi connectivity index (χ2v) is 17.5. The molecule has 3 atom stereocenters. The normalized spacial score (nSPS) is 17.7. The summed E-state index contributed by atoms with van der Waals surface area (Å²) < 4.78 is 0. The molecule has 0 radical (unpaired) electrons. The van der Waals surface area contributed by atoms with E-state index in [-0.39, 0.29) is 17.9 Å². The SMILES string of the molecule is CCCC[C@H]1CN(C(=O)c2cccc3ccccc23)CCN1CC(N)Cc1ccccc1O.CCCC[C@H]1CN(C(=O)c2cccc3ccccc23)CCN1CCCc1cnc[nH]1. The maximum atomic E-state index is 13.5. The fourth-order valence-electron chi connectivity index (χ4n) is 9.51. The van der Waals surface area contributed by atoms with Crippen LogP contribution in [0.1, 0.15) is 90.8 Å². The van der Waals surface area contributed by atoms with Gasteiger partial charge in [-0.15, -0.1) is 0 Å². The maximum Gasteiger partial charge on any atom is 0.254 e. The van der Waals surface area contributed by atoms with Gasteiger partial charge in [-0.1, -0.05) is 131 Å². The molecule has 4 N–H and O–H groups in total. The zero-order valence-corrected chi connectivity index (χ0v) is 37.4. The molecule has 0 bridgehead atoms. The number of nitrogens with two attached hydrogens (primary N) is 1. The molecule has 2 amide bonds. The summed E-state index contributed by atoms with van der Waals surface area (Å²) in [4.78, 5) is 43.3. The van der Waals surface area contributed by atoms with Crippen LogP contribution in [0.3, 0.4) is 0 Å². The highest BCUT2D eigenvalue weighted by Crippen LogP contribution is 2.26. The molecule has 0 saturated carbocycles. The fraction of sp³-hybridized carbons (Fsp3) is 0.415. The van der Waals surface area contributed by atoms with Crippen LogP contribution in [-0.2, 0) is 12.8 Å². The van der Waals surface area contributed by atoms with Crippen molar-refractivity contribution in [1.82, 2.24) is 29.6 Å². The van der Waals surface area contributed by atoms with Gasteiger partial charge in [0.1, 0.15) is 5.75 Å². The van der Waals surface area contributed by atoms with Gasteiger partial charge in [-0.2, -0.15) is 0 Å². The van der Waals surface area contributed by atoms with Crippen molar-refractivity contribution in [2.75, 3.05) is 52.4 Å². The van der Waals surface area contributed by atoms with Crippen molar-refractivity contribution in [2.24, 2.45) is 5.73 Å². The smallest absolute Gasteiger partial charge is 0.254 e. The number of amides is 2.